The quantitative estimate of drug-likeness (QED) is 0.627. The summed E-state index contributed by atoms with van der Waals surface area (Å²) in [7, 11) is 1.70. The predicted molar refractivity (Wildman–Crippen MR) is 109 cm³/mol. The van der Waals surface area contributed by atoms with Crippen LogP contribution in [-0.2, 0) is 24.9 Å². The minimum atomic E-state index is -0.617. The summed E-state index contributed by atoms with van der Waals surface area (Å²) in [5, 5.41) is 12.0. The summed E-state index contributed by atoms with van der Waals surface area (Å²) in [6.45, 7) is 7.57. The molecule has 0 aromatic carbocycles. The lowest BCUT2D eigenvalue weighted by Gasteiger charge is -2.20. The minimum Gasteiger partial charge on any atom is -0.444 e. The summed E-state index contributed by atoms with van der Waals surface area (Å²) < 4.78 is 9.36. The molecule has 2 N–H and O–H groups in total. The van der Waals surface area contributed by atoms with Crippen molar-refractivity contribution in [2.75, 3.05) is 6.54 Å². The number of carbonyl (C=O) groups is 1. The van der Waals surface area contributed by atoms with E-state index in [1.54, 1.807) is 39.3 Å². The molecule has 0 radical (unpaired) electrons. The van der Waals surface area contributed by atoms with Crippen LogP contribution in [0.15, 0.2) is 15.9 Å². The van der Waals surface area contributed by atoms with Crippen molar-refractivity contribution in [1.82, 2.24) is 24.0 Å². The van der Waals surface area contributed by atoms with Gasteiger partial charge in [-0.25, -0.2) is 14.6 Å². The Balaban J connectivity index is 2.23. The summed E-state index contributed by atoms with van der Waals surface area (Å²) in [5.41, 5.74) is -0.859. The largest absolute Gasteiger partial charge is 0.444 e. The number of aliphatic hydroxyl groups is 1. The number of rotatable bonds is 8. The van der Waals surface area contributed by atoms with Crippen molar-refractivity contribution in [3.05, 3.63) is 27.2 Å². The highest BCUT2D eigenvalue weighted by Crippen LogP contribution is 2.07. The Kier molecular flexibility index (Phi) is 7.23. The van der Waals surface area contributed by atoms with Gasteiger partial charge in [0.1, 0.15) is 5.60 Å². The number of unbranched alkanes of at least 4 members (excludes halogenated alkanes) is 1. The van der Waals surface area contributed by atoms with Gasteiger partial charge in [-0.2, -0.15) is 0 Å². The van der Waals surface area contributed by atoms with Crippen LogP contribution < -0.4 is 16.6 Å². The smallest absolute Gasteiger partial charge is 0.407 e. The van der Waals surface area contributed by atoms with E-state index < -0.39 is 29.0 Å². The average Bonchev–Trinajstić information content (AvgIpc) is 2.97. The fourth-order valence-electron chi connectivity index (χ4n) is 3.01. The second-order valence-corrected chi connectivity index (χ2v) is 8.19. The number of aliphatic hydroxyl groups excluding tert-OH is 1. The van der Waals surface area contributed by atoms with Crippen LogP contribution in [0.3, 0.4) is 0 Å². The van der Waals surface area contributed by atoms with Crippen LogP contribution in [0, 0.1) is 0 Å². The Morgan fingerprint density at radius 2 is 1.93 bits per heavy atom. The maximum atomic E-state index is 12.9. The molecule has 2 aromatic heterocycles. The van der Waals surface area contributed by atoms with Crippen molar-refractivity contribution in [2.24, 2.45) is 7.05 Å². The van der Waals surface area contributed by atoms with Crippen LogP contribution in [0.5, 0.6) is 0 Å². The van der Waals surface area contributed by atoms with E-state index in [1.165, 1.54) is 15.5 Å². The molecule has 0 aliphatic rings. The normalized spacial score (nSPS) is 12.9. The molecule has 0 fully saturated rings. The van der Waals surface area contributed by atoms with Gasteiger partial charge in [0, 0.05) is 26.7 Å². The molecule has 2 aromatic rings. The van der Waals surface area contributed by atoms with Crippen LogP contribution in [0.2, 0.25) is 0 Å². The van der Waals surface area contributed by atoms with Crippen LogP contribution in [0.25, 0.3) is 11.2 Å². The first-order chi connectivity index (χ1) is 13.5. The van der Waals surface area contributed by atoms with Crippen molar-refractivity contribution in [2.45, 2.75) is 71.8 Å². The number of carbonyl (C=O) groups excluding carboxylic acids is 1. The fourth-order valence-corrected chi connectivity index (χ4v) is 3.01. The highest BCUT2D eigenvalue weighted by Gasteiger charge is 2.18. The Hall–Kier alpha value is -2.62. The molecule has 1 atom stereocenters. The van der Waals surface area contributed by atoms with Crippen molar-refractivity contribution in [3.63, 3.8) is 0 Å². The highest BCUT2D eigenvalue weighted by molar-refractivity contribution is 5.70. The van der Waals surface area contributed by atoms with E-state index in [0.29, 0.717) is 24.8 Å². The van der Waals surface area contributed by atoms with Crippen LogP contribution in [-0.4, -0.2) is 48.1 Å². The van der Waals surface area contributed by atoms with Gasteiger partial charge in [0.25, 0.3) is 5.56 Å². The van der Waals surface area contributed by atoms with E-state index >= 15 is 0 Å². The summed E-state index contributed by atoms with van der Waals surface area (Å²) in [6.07, 6.45) is 2.40. The van der Waals surface area contributed by atoms with Gasteiger partial charge in [0.15, 0.2) is 11.2 Å². The van der Waals surface area contributed by atoms with Gasteiger partial charge in [-0.05, 0) is 47.0 Å². The average molecular weight is 409 g/mol. The maximum Gasteiger partial charge on any atom is 0.407 e. The molecule has 0 unspecified atom stereocenters. The molecule has 0 bridgehead atoms. The third-order valence-electron chi connectivity index (χ3n) is 4.34. The molecule has 2 heterocycles. The number of hydrogen-bond acceptors (Lipinski definition) is 6. The molecule has 29 heavy (non-hydrogen) atoms. The Morgan fingerprint density at radius 1 is 1.24 bits per heavy atom. The fraction of sp³-hybridized carbons (Fsp3) is 0.684. The van der Waals surface area contributed by atoms with E-state index in [9.17, 15) is 19.5 Å². The molecule has 0 spiro atoms. The predicted octanol–water partition coefficient (Wildman–Crippen LogP) is 0.973. The monoisotopic (exact) mass is 409 g/mol. The molecule has 2 rings (SSSR count). The number of alkyl carbamates (subject to hydrolysis) is 1. The highest BCUT2D eigenvalue weighted by atomic mass is 16.6. The lowest BCUT2D eigenvalue weighted by atomic mass is 10.2. The number of amides is 1. The number of aryl methyl sites for hydroxylation is 1. The SMILES string of the molecule is C[C@@H](O)CCCCn1c(=O)c2c(ncn2C)n(CCNC(=O)OC(C)(C)C)c1=O. The summed E-state index contributed by atoms with van der Waals surface area (Å²) in [6, 6.07) is 0. The van der Waals surface area contributed by atoms with Gasteiger partial charge in [0.2, 0.25) is 0 Å². The number of ether oxygens (including phenoxy) is 1. The second kappa shape index (κ2) is 9.25. The lowest BCUT2D eigenvalue weighted by molar-refractivity contribution is 0.0526. The number of nitrogens with zero attached hydrogens (tertiary/aromatic N) is 4. The number of fused-ring (bicyclic) bond motifs is 1. The van der Waals surface area contributed by atoms with E-state index in [2.05, 4.69) is 10.3 Å². The summed E-state index contributed by atoms with van der Waals surface area (Å²) >= 11 is 0. The molecule has 0 aliphatic carbocycles. The number of imidazole rings is 1. The Bertz CT molecular complexity index is 964. The van der Waals surface area contributed by atoms with Crippen molar-refractivity contribution >= 4 is 17.3 Å². The van der Waals surface area contributed by atoms with Gasteiger partial charge in [-0.15, -0.1) is 0 Å². The van der Waals surface area contributed by atoms with E-state index in [1.807, 2.05) is 0 Å². The van der Waals surface area contributed by atoms with Gasteiger partial charge >= 0.3 is 11.8 Å². The third-order valence-corrected chi connectivity index (χ3v) is 4.34. The molecular formula is C19H31N5O5. The van der Waals surface area contributed by atoms with Gasteiger partial charge in [0.05, 0.1) is 12.4 Å². The van der Waals surface area contributed by atoms with Crippen molar-refractivity contribution in [1.29, 1.82) is 0 Å². The number of nitrogens with one attached hydrogen (secondary N) is 1. The molecular weight excluding hydrogens is 378 g/mol. The number of aromatic nitrogens is 4. The molecule has 10 heteroatoms. The second-order valence-electron chi connectivity index (χ2n) is 8.19. The topological polar surface area (TPSA) is 120 Å². The standard InChI is InChI=1S/C19H31N5O5/c1-13(25)8-6-7-10-24-16(26)14-15(21-12-22(14)5)23(18(24)28)11-9-20-17(27)29-19(2,3)4/h12-13,25H,6-11H2,1-5H3,(H,20,27)/t13-/m1/s1. The van der Waals surface area contributed by atoms with Gasteiger partial charge in [-0.1, -0.05) is 0 Å². The van der Waals surface area contributed by atoms with Crippen molar-refractivity contribution < 1.29 is 14.6 Å². The van der Waals surface area contributed by atoms with Crippen molar-refractivity contribution in [3.8, 4) is 0 Å². The first-order valence-corrected chi connectivity index (χ1v) is 9.81. The molecule has 0 saturated carbocycles. The molecule has 162 valence electrons. The van der Waals surface area contributed by atoms with Crippen LogP contribution in [0.1, 0.15) is 47.0 Å². The zero-order chi connectivity index (χ0) is 21.8. The summed E-state index contributed by atoms with van der Waals surface area (Å²) in [5.74, 6) is 0. The van der Waals surface area contributed by atoms with E-state index in [0.717, 1.165) is 0 Å². The zero-order valence-electron chi connectivity index (χ0n) is 17.8. The molecule has 10 nitrogen and oxygen atoms in total. The Labute approximate surface area is 169 Å². The minimum absolute atomic E-state index is 0.152. The third kappa shape index (κ3) is 5.93. The van der Waals surface area contributed by atoms with Crippen LogP contribution >= 0.6 is 0 Å². The van der Waals surface area contributed by atoms with E-state index in [4.69, 9.17) is 4.74 Å². The molecule has 0 saturated heterocycles. The molecule has 0 aliphatic heterocycles. The Morgan fingerprint density at radius 3 is 2.55 bits per heavy atom. The number of hydrogen-bond donors (Lipinski definition) is 2. The molecule has 1 amide bonds. The van der Waals surface area contributed by atoms with Gasteiger partial charge in [-0.3, -0.25) is 13.9 Å². The van der Waals surface area contributed by atoms with Crippen LogP contribution in [0.4, 0.5) is 4.79 Å². The maximum absolute atomic E-state index is 12.9. The first-order valence-electron chi connectivity index (χ1n) is 9.81. The summed E-state index contributed by atoms with van der Waals surface area (Å²) in [4.78, 5) is 41.8. The lowest BCUT2D eigenvalue weighted by Crippen LogP contribution is -2.42. The first kappa shape index (κ1) is 22.7. The zero-order valence-corrected chi connectivity index (χ0v) is 17.8. The van der Waals surface area contributed by atoms with E-state index in [-0.39, 0.29) is 25.3 Å². The van der Waals surface area contributed by atoms with Gasteiger partial charge < -0.3 is 19.7 Å².